The second kappa shape index (κ2) is 13.3. The van der Waals surface area contributed by atoms with Crippen LogP contribution in [-0.2, 0) is 6.42 Å². The van der Waals surface area contributed by atoms with Gasteiger partial charge in [-0.15, -0.1) is 6.58 Å². The number of ether oxygens (including phenoxy) is 1. The van der Waals surface area contributed by atoms with Crippen LogP contribution in [-0.4, -0.2) is 6.11 Å². The zero-order chi connectivity index (χ0) is 29.0. The van der Waals surface area contributed by atoms with Crippen molar-refractivity contribution in [3.8, 4) is 5.75 Å². The Balaban J connectivity index is 1.09. The molecule has 3 saturated carbocycles. The van der Waals surface area contributed by atoms with Crippen molar-refractivity contribution in [2.45, 2.75) is 115 Å². The second-order valence-corrected chi connectivity index (χ2v) is 13.2. The van der Waals surface area contributed by atoms with Gasteiger partial charge in [-0.3, -0.25) is 0 Å². The molecule has 3 aliphatic carbocycles. The van der Waals surface area contributed by atoms with Crippen LogP contribution in [0.5, 0.6) is 5.75 Å². The first-order valence-electron chi connectivity index (χ1n) is 16.0. The van der Waals surface area contributed by atoms with Gasteiger partial charge in [0.05, 0.1) is 5.92 Å². The third-order valence-electron chi connectivity index (χ3n) is 10.5. The number of rotatable bonds is 9. The van der Waals surface area contributed by atoms with E-state index in [-0.39, 0.29) is 17.5 Å². The summed E-state index contributed by atoms with van der Waals surface area (Å²) in [6, 6.07) is 10.0. The fourth-order valence-electron chi connectivity index (χ4n) is 7.84. The highest BCUT2D eigenvalue weighted by Gasteiger charge is 2.45. The van der Waals surface area contributed by atoms with Crippen molar-refractivity contribution < 1.29 is 22.3 Å². The lowest BCUT2D eigenvalue weighted by atomic mass is 9.68. The summed E-state index contributed by atoms with van der Waals surface area (Å²) in [7, 11) is 0. The van der Waals surface area contributed by atoms with Gasteiger partial charge >= 0.3 is 6.11 Å². The Bertz CT molecular complexity index is 1150. The zero-order valence-corrected chi connectivity index (χ0v) is 24.5. The van der Waals surface area contributed by atoms with Gasteiger partial charge < -0.3 is 4.74 Å². The van der Waals surface area contributed by atoms with E-state index in [2.05, 4.69) is 19.6 Å². The van der Waals surface area contributed by atoms with Crippen molar-refractivity contribution in [2.75, 3.05) is 0 Å². The maximum Gasteiger partial charge on any atom is 0.400 e. The first-order chi connectivity index (χ1) is 19.7. The molecule has 0 aromatic heterocycles. The molecule has 3 aliphatic rings. The number of hydrogen-bond acceptors (Lipinski definition) is 1. The maximum absolute atomic E-state index is 15.2. The standard InChI is InChI=1S/C36H46F4O/c1-3-4-5-29-16-20-32(23-34(29)37)41-36(39,40)31-18-14-26(15-19-31)25-10-12-28(13-11-25)33-21-17-30(22-35(33)38)27-8-6-24(2)7-9-27/h3,16-17,20-28,31H,1,4-15,18-19H2,2H3. The molecule has 41 heavy (non-hydrogen) atoms. The molecule has 0 saturated heterocycles. The minimum Gasteiger partial charge on any atom is -0.432 e. The van der Waals surface area contributed by atoms with Gasteiger partial charge in [0.15, 0.2) is 0 Å². The Labute approximate surface area is 243 Å². The molecule has 0 heterocycles. The van der Waals surface area contributed by atoms with E-state index in [1.165, 1.54) is 25.0 Å². The summed E-state index contributed by atoms with van der Waals surface area (Å²) in [6.07, 6.45) is 10.6. The van der Waals surface area contributed by atoms with Crippen LogP contribution >= 0.6 is 0 Å². The molecule has 2 aromatic rings. The van der Waals surface area contributed by atoms with Gasteiger partial charge in [0.25, 0.3) is 0 Å². The van der Waals surface area contributed by atoms with Crippen LogP contribution < -0.4 is 4.74 Å². The summed E-state index contributed by atoms with van der Waals surface area (Å²) in [5, 5.41) is 0. The van der Waals surface area contributed by atoms with Crippen LogP contribution in [0.2, 0.25) is 0 Å². The van der Waals surface area contributed by atoms with Crippen LogP contribution in [0.25, 0.3) is 0 Å². The van der Waals surface area contributed by atoms with Gasteiger partial charge in [0.1, 0.15) is 17.4 Å². The van der Waals surface area contributed by atoms with Gasteiger partial charge in [-0.25, -0.2) is 8.78 Å². The molecule has 5 heteroatoms. The number of halogens is 4. The Morgan fingerprint density at radius 2 is 1.41 bits per heavy atom. The SMILES string of the molecule is C=CCCc1ccc(OC(F)(F)C2CCC(C3CCC(c4ccc(C5CCC(C)CC5)cc4F)CC3)CC2)cc1F. The highest BCUT2D eigenvalue weighted by atomic mass is 19.3. The molecule has 0 radical (unpaired) electrons. The van der Waals surface area contributed by atoms with Gasteiger partial charge in [-0.1, -0.05) is 44.0 Å². The topological polar surface area (TPSA) is 9.23 Å². The Hall–Kier alpha value is -2.30. The first-order valence-corrected chi connectivity index (χ1v) is 16.0. The fraction of sp³-hybridized carbons (Fsp3) is 0.611. The lowest BCUT2D eigenvalue weighted by molar-refractivity contribution is -0.224. The quantitative estimate of drug-likeness (QED) is 0.215. The molecule has 0 N–H and O–H groups in total. The average molecular weight is 571 g/mol. The number of benzene rings is 2. The predicted octanol–water partition coefficient (Wildman–Crippen LogP) is 11.1. The van der Waals surface area contributed by atoms with Gasteiger partial charge in [-0.2, -0.15) is 8.78 Å². The molecular weight excluding hydrogens is 524 g/mol. The number of hydrogen-bond donors (Lipinski definition) is 0. The molecule has 0 aliphatic heterocycles. The smallest absolute Gasteiger partial charge is 0.400 e. The van der Waals surface area contributed by atoms with Crippen molar-refractivity contribution >= 4 is 0 Å². The van der Waals surface area contributed by atoms with E-state index in [9.17, 15) is 4.39 Å². The summed E-state index contributed by atoms with van der Waals surface area (Å²) in [6.45, 7) is 5.94. The Morgan fingerprint density at radius 1 is 0.780 bits per heavy atom. The third-order valence-corrected chi connectivity index (χ3v) is 10.5. The molecule has 0 atom stereocenters. The van der Waals surface area contributed by atoms with Crippen LogP contribution in [0, 0.1) is 35.3 Å². The van der Waals surface area contributed by atoms with Crippen LogP contribution in [0.1, 0.15) is 119 Å². The normalized spacial score (nSPS) is 29.2. The lowest BCUT2D eigenvalue weighted by Gasteiger charge is -2.39. The Kier molecular flexibility index (Phi) is 9.81. The Morgan fingerprint density at radius 3 is 2.02 bits per heavy atom. The summed E-state index contributed by atoms with van der Waals surface area (Å²) >= 11 is 0. The van der Waals surface area contributed by atoms with E-state index in [1.807, 2.05) is 6.07 Å². The molecule has 1 nitrogen and oxygen atoms in total. The van der Waals surface area contributed by atoms with E-state index in [1.54, 1.807) is 12.1 Å². The van der Waals surface area contributed by atoms with Crippen LogP contribution in [0.4, 0.5) is 17.6 Å². The summed E-state index contributed by atoms with van der Waals surface area (Å²) in [5.74, 6) is 0.940. The number of alkyl halides is 2. The predicted molar refractivity (Wildman–Crippen MR) is 157 cm³/mol. The van der Waals surface area contributed by atoms with Crippen LogP contribution in [0.15, 0.2) is 49.1 Å². The lowest BCUT2D eigenvalue weighted by Crippen LogP contribution is -2.38. The van der Waals surface area contributed by atoms with E-state index in [4.69, 9.17) is 4.74 Å². The van der Waals surface area contributed by atoms with Crippen molar-refractivity contribution in [2.24, 2.45) is 23.7 Å². The minimum atomic E-state index is -3.32. The van der Waals surface area contributed by atoms with Crippen molar-refractivity contribution in [3.63, 3.8) is 0 Å². The molecule has 224 valence electrons. The molecule has 3 fully saturated rings. The van der Waals surface area contributed by atoms with Gasteiger partial charge in [0.2, 0.25) is 0 Å². The van der Waals surface area contributed by atoms with E-state index >= 15 is 13.2 Å². The molecule has 5 rings (SSSR count). The summed E-state index contributed by atoms with van der Waals surface area (Å²) in [4.78, 5) is 0. The number of allylic oxidation sites excluding steroid dienone is 1. The third kappa shape index (κ3) is 7.38. The molecule has 0 bridgehead atoms. The van der Waals surface area contributed by atoms with Gasteiger partial charge in [-0.05, 0) is 135 Å². The highest BCUT2D eigenvalue weighted by molar-refractivity contribution is 5.31. The first kappa shape index (κ1) is 30.2. The molecule has 2 aromatic carbocycles. The monoisotopic (exact) mass is 570 g/mol. The molecule has 0 unspecified atom stereocenters. The van der Waals surface area contributed by atoms with Crippen LogP contribution in [0.3, 0.4) is 0 Å². The van der Waals surface area contributed by atoms with Crippen molar-refractivity contribution in [1.29, 1.82) is 0 Å². The summed E-state index contributed by atoms with van der Waals surface area (Å²) in [5.41, 5.74) is 2.50. The maximum atomic E-state index is 15.2. The van der Waals surface area contributed by atoms with E-state index in [0.29, 0.717) is 49.0 Å². The van der Waals surface area contributed by atoms with E-state index < -0.39 is 17.8 Å². The minimum absolute atomic E-state index is 0.0430. The zero-order valence-electron chi connectivity index (χ0n) is 24.5. The highest BCUT2D eigenvalue weighted by Crippen LogP contribution is 2.47. The molecule has 0 spiro atoms. The second-order valence-electron chi connectivity index (χ2n) is 13.2. The average Bonchev–Trinajstić information content (AvgIpc) is 2.97. The number of aryl methyl sites for hydroxylation is 1. The summed E-state index contributed by atoms with van der Waals surface area (Å²) < 4.78 is 64.7. The van der Waals surface area contributed by atoms with Crippen molar-refractivity contribution in [3.05, 3.63) is 77.4 Å². The van der Waals surface area contributed by atoms with Gasteiger partial charge in [0, 0.05) is 6.07 Å². The fourth-order valence-corrected chi connectivity index (χ4v) is 7.84. The molecular formula is C36H46F4O. The largest absolute Gasteiger partial charge is 0.432 e. The van der Waals surface area contributed by atoms with Crippen molar-refractivity contribution in [1.82, 2.24) is 0 Å². The molecule has 0 amide bonds. The van der Waals surface area contributed by atoms with E-state index in [0.717, 1.165) is 74.5 Å².